The summed E-state index contributed by atoms with van der Waals surface area (Å²) in [4.78, 5) is 14.9. The maximum Gasteiger partial charge on any atom is 0.222 e. The van der Waals surface area contributed by atoms with Crippen molar-refractivity contribution in [3.63, 3.8) is 0 Å². The van der Waals surface area contributed by atoms with Crippen LogP contribution in [0.3, 0.4) is 0 Å². The van der Waals surface area contributed by atoms with Gasteiger partial charge in [0.25, 0.3) is 0 Å². The molecule has 37 heavy (non-hydrogen) atoms. The number of nitrogens with zero attached hydrogens (tertiary/aromatic N) is 4. The number of thioether (sulfide) groups is 1. The van der Waals surface area contributed by atoms with E-state index in [1.807, 2.05) is 64.1 Å². The first-order valence-electron chi connectivity index (χ1n) is 12.9. The minimum absolute atomic E-state index is 0.264. The highest BCUT2D eigenvalue weighted by atomic mass is 35.5. The zero-order valence-electron chi connectivity index (χ0n) is 20.8. The fourth-order valence-corrected chi connectivity index (χ4v) is 5.98. The molecule has 0 atom stereocenters. The molecule has 1 aromatic heterocycles. The van der Waals surface area contributed by atoms with Crippen molar-refractivity contribution in [2.24, 2.45) is 5.92 Å². The maximum absolute atomic E-state index is 12.9. The molecule has 190 valence electrons. The number of hydrogen-bond acceptors (Lipinski definition) is 4. The zero-order chi connectivity index (χ0) is 25.5. The average molecular weight is 531 g/mol. The van der Waals surface area contributed by atoms with Crippen LogP contribution in [0, 0.1) is 5.92 Å². The number of hydrogen-bond donors (Lipinski definition) is 0. The van der Waals surface area contributed by atoms with Crippen LogP contribution in [-0.2, 0) is 11.2 Å². The Morgan fingerprint density at radius 1 is 0.892 bits per heavy atom. The molecular formula is C30H31ClN4OS. The Morgan fingerprint density at radius 3 is 2.30 bits per heavy atom. The van der Waals surface area contributed by atoms with E-state index in [9.17, 15) is 4.79 Å². The summed E-state index contributed by atoms with van der Waals surface area (Å²) < 4.78 is 2.05. The Morgan fingerprint density at radius 2 is 1.57 bits per heavy atom. The van der Waals surface area contributed by atoms with Crippen molar-refractivity contribution in [1.29, 1.82) is 0 Å². The van der Waals surface area contributed by atoms with E-state index in [0.717, 1.165) is 60.9 Å². The van der Waals surface area contributed by atoms with E-state index in [-0.39, 0.29) is 5.91 Å². The van der Waals surface area contributed by atoms with E-state index < -0.39 is 0 Å². The van der Waals surface area contributed by atoms with Crippen molar-refractivity contribution in [2.75, 3.05) is 18.8 Å². The lowest BCUT2D eigenvalue weighted by molar-refractivity contribution is -0.132. The van der Waals surface area contributed by atoms with Crippen molar-refractivity contribution in [1.82, 2.24) is 19.7 Å². The van der Waals surface area contributed by atoms with Gasteiger partial charge >= 0.3 is 0 Å². The molecule has 5 rings (SSSR count). The Hall–Kier alpha value is -3.09. The minimum Gasteiger partial charge on any atom is -0.343 e. The van der Waals surface area contributed by atoms with Gasteiger partial charge < -0.3 is 4.90 Å². The van der Waals surface area contributed by atoms with E-state index >= 15 is 0 Å². The Labute approximate surface area is 227 Å². The highest BCUT2D eigenvalue weighted by molar-refractivity contribution is 7.99. The predicted octanol–water partition coefficient (Wildman–Crippen LogP) is 6.94. The number of rotatable bonds is 9. The van der Waals surface area contributed by atoms with Gasteiger partial charge in [0.1, 0.15) is 0 Å². The number of carbonyl (C=O) groups is 1. The lowest BCUT2D eigenvalue weighted by Crippen LogP contribution is -2.38. The summed E-state index contributed by atoms with van der Waals surface area (Å²) in [5.74, 6) is 2.44. The first-order valence-corrected chi connectivity index (χ1v) is 14.3. The third-order valence-electron chi connectivity index (χ3n) is 6.86. The maximum atomic E-state index is 12.9. The van der Waals surface area contributed by atoms with Crippen LogP contribution in [0.5, 0.6) is 0 Å². The molecule has 1 aliphatic rings. The van der Waals surface area contributed by atoms with E-state index in [1.165, 1.54) is 5.56 Å². The molecule has 4 aromatic rings. The Bertz CT molecular complexity index is 1300. The monoisotopic (exact) mass is 530 g/mol. The van der Waals surface area contributed by atoms with Gasteiger partial charge in [0.05, 0.1) is 5.02 Å². The van der Waals surface area contributed by atoms with Gasteiger partial charge in [-0.2, -0.15) is 0 Å². The van der Waals surface area contributed by atoms with Gasteiger partial charge in [-0.3, -0.25) is 9.36 Å². The molecule has 5 nitrogen and oxygen atoms in total. The summed E-state index contributed by atoms with van der Waals surface area (Å²) in [6.45, 7) is 1.74. The van der Waals surface area contributed by atoms with Crippen LogP contribution in [0.4, 0.5) is 0 Å². The van der Waals surface area contributed by atoms with Crippen LogP contribution in [0.2, 0.25) is 5.02 Å². The highest BCUT2D eigenvalue weighted by Gasteiger charge is 2.23. The van der Waals surface area contributed by atoms with Crippen LogP contribution in [0.15, 0.2) is 90.1 Å². The van der Waals surface area contributed by atoms with E-state index in [0.29, 0.717) is 23.2 Å². The number of likely N-dealkylation sites (tertiary alicyclic amines) is 1. The topological polar surface area (TPSA) is 51.0 Å². The van der Waals surface area contributed by atoms with Crippen molar-refractivity contribution >= 4 is 29.3 Å². The molecule has 0 spiro atoms. The standard InChI is InChI=1S/C30H31ClN4OS/c31-27-15-8-7-14-26(27)29-32-33-30(35(29)25-12-5-2-6-13-25)37-21-9-16-28(36)34-19-17-24(18-20-34)22-23-10-3-1-4-11-23/h1-8,10-15,24H,9,16-22H2. The number of amides is 1. The van der Waals surface area contributed by atoms with Gasteiger partial charge in [0, 0.05) is 36.5 Å². The second-order valence-electron chi connectivity index (χ2n) is 9.42. The molecule has 1 amide bonds. The Balaban J connectivity index is 1.15. The number of piperidine rings is 1. The number of para-hydroxylation sites is 1. The van der Waals surface area contributed by atoms with Crippen molar-refractivity contribution < 1.29 is 4.79 Å². The predicted molar refractivity (Wildman–Crippen MR) is 151 cm³/mol. The third kappa shape index (κ3) is 6.43. The minimum atomic E-state index is 0.264. The summed E-state index contributed by atoms with van der Waals surface area (Å²) in [5, 5.41) is 10.4. The zero-order valence-corrected chi connectivity index (χ0v) is 22.4. The quantitative estimate of drug-likeness (QED) is 0.174. The summed E-state index contributed by atoms with van der Waals surface area (Å²) in [6, 6.07) is 28.4. The first kappa shape index (κ1) is 25.6. The van der Waals surface area contributed by atoms with Gasteiger partial charge in [0.15, 0.2) is 11.0 Å². The van der Waals surface area contributed by atoms with E-state index in [1.54, 1.807) is 11.8 Å². The third-order valence-corrected chi connectivity index (χ3v) is 8.21. The lowest BCUT2D eigenvalue weighted by Gasteiger charge is -2.32. The lowest BCUT2D eigenvalue weighted by atomic mass is 9.90. The molecule has 0 unspecified atom stereocenters. The molecule has 1 fully saturated rings. The summed E-state index contributed by atoms with van der Waals surface area (Å²) in [7, 11) is 0. The molecule has 0 radical (unpaired) electrons. The summed E-state index contributed by atoms with van der Waals surface area (Å²) in [6.07, 6.45) is 4.64. The van der Waals surface area contributed by atoms with Crippen LogP contribution in [0.25, 0.3) is 17.1 Å². The normalized spacial score (nSPS) is 14.1. The highest BCUT2D eigenvalue weighted by Crippen LogP contribution is 2.32. The molecule has 0 bridgehead atoms. The number of benzene rings is 3. The summed E-state index contributed by atoms with van der Waals surface area (Å²) >= 11 is 8.11. The van der Waals surface area contributed by atoms with Crippen molar-refractivity contribution in [3.8, 4) is 17.1 Å². The number of aromatic nitrogens is 3. The van der Waals surface area contributed by atoms with Gasteiger partial charge in [-0.1, -0.05) is 84.0 Å². The average Bonchev–Trinajstić information content (AvgIpc) is 3.36. The second kappa shape index (κ2) is 12.4. The fraction of sp³-hybridized carbons (Fsp3) is 0.300. The van der Waals surface area contributed by atoms with Gasteiger partial charge in [-0.25, -0.2) is 0 Å². The van der Waals surface area contributed by atoms with E-state index in [4.69, 9.17) is 11.6 Å². The molecule has 7 heteroatoms. The summed E-state index contributed by atoms with van der Waals surface area (Å²) in [5.41, 5.74) is 3.22. The largest absolute Gasteiger partial charge is 0.343 e. The van der Waals surface area contributed by atoms with Crippen LogP contribution >= 0.6 is 23.4 Å². The van der Waals surface area contributed by atoms with Crippen molar-refractivity contribution in [3.05, 3.63) is 95.5 Å². The number of halogens is 1. The molecule has 1 aliphatic heterocycles. The molecule has 1 saturated heterocycles. The van der Waals surface area contributed by atoms with Gasteiger partial charge in [-0.15, -0.1) is 10.2 Å². The smallest absolute Gasteiger partial charge is 0.222 e. The molecule has 3 aromatic carbocycles. The fourth-order valence-electron chi connectivity index (χ4n) is 4.87. The molecular weight excluding hydrogens is 500 g/mol. The van der Waals surface area contributed by atoms with Gasteiger partial charge in [-0.05, 0) is 61.4 Å². The van der Waals surface area contributed by atoms with E-state index in [2.05, 4.69) is 40.5 Å². The molecule has 0 aliphatic carbocycles. The first-order chi connectivity index (χ1) is 18.2. The number of carbonyl (C=O) groups excluding carboxylic acids is 1. The second-order valence-corrected chi connectivity index (χ2v) is 10.9. The van der Waals surface area contributed by atoms with Gasteiger partial charge in [0.2, 0.25) is 5.91 Å². The Kier molecular flexibility index (Phi) is 8.59. The van der Waals surface area contributed by atoms with Crippen LogP contribution < -0.4 is 0 Å². The van der Waals surface area contributed by atoms with Crippen LogP contribution in [-0.4, -0.2) is 44.4 Å². The van der Waals surface area contributed by atoms with Crippen LogP contribution in [0.1, 0.15) is 31.2 Å². The SMILES string of the molecule is O=C(CCCSc1nnc(-c2ccccc2Cl)n1-c1ccccc1)N1CCC(Cc2ccccc2)CC1. The molecule has 2 heterocycles. The van der Waals surface area contributed by atoms with Crippen molar-refractivity contribution in [2.45, 2.75) is 37.3 Å². The molecule has 0 N–H and O–H groups in total. The molecule has 0 saturated carbocycles.